The van der Waals surface area contributed by atoms with Crippen molar-refractivity contribution in [3.63, 3.8) is 0 Å². The van der Waals surface area contributed by atoms with Crippen LogP contribution >= 0.6 is 0 Å². The van der Waals surface area contributed by atoms with Gasteiger partial charge in [0.1, 0.15) is 12.1 Å². The van der Waals surface area contributed by atoms with Crippen LogP contribution in [-0.2, 0) is 4.79 Å². The number of aromatic nitrogens is 2. The molecule has 3 rings (SSSR count). The minimum atomic E-state index is 0.302. The third-order valence-electron chi connectivity index (χ3n) is 4.29. The van der Waals surface area contributed by atoms with Crippen molar-refractivity contribution in [2.75, 3.05) is 18.4 Å². The number of hydrogen-bond acceptors (Lipinski definition) is 4. The molecule has 0 bridgehead atoms. The Morgan fingerprint density at radius 1 is 1.33 bits per heavy atom. The lowest BCUT2D eigenvalue weighted by Gasteiger charge is -2.33. The molecule has 2 fully saturated rings. The van der Waals surface area contributed by atoms with Crippen LogP contribution in [0, 0.1) is 5.92 Å². The number of amides is 1. The average molecular weight is 288 g/mol. The lowest BCUT2D eigenvalue weighted by Crippen LogP contribution is -2.45. The highest BCUT2D eigenvalue weighted by Gasteiger charge is 2.35. The molecule has 5 nitrogen and oxygen atoms in total. The highest BCUT2D eigenvalue weighted by Crippen LogP contribution is 2.32. The van der Waals surface area contributed by atoms with Crippen molar-refractivity contribution < 1.29 is 4.79 Å². The largest absolute Gasteiger partial charge is 0.365 e. The first kappa shape index (κ1) is 14.3. The van der Waals surface area contributed by atoms with Crippen LogP contribution in [0.15, 0.2) is 12.4 Å². The molecule has 0 aromatic carbocycles. The fourth-order valence-corrected chi connectivity index (χ4v) is 2.86. The van der Waals surface area contributed by atoms with Gasteiger partial charge in [-0.25, -0.2) is 9.97 Å². The summed E-state index contributed by atoms with van der Waals surface area (Å²) in [5.41, 5.74) is 1.05. The van der Waals surface area contributed by atoms with Gasteiger partial charge in [-0.1, -0.05) is 13.8 Å². The molecule has 0 spiro atoms. The lowest BCUT2D eigenvalue weighted by molar-refractivity contribution is -0.133. The standard InChI is InChI=1S/C16H24N4O/c1-11(2)14-8-15(18-10-17-14)19-13-4-3-7-20(9-13)16(21)12-5-6-12/h8,10-13H,3-7,9H2,1-2H3,(H,17,18,19)/t13-/m0/s1. The second-order valence-corrected chi connectivity index (χ2v) is 6.52. The van der Waals surface area contributed by atoms with Crippen molar-refractivity contribution in [2.45, 2.75) is 51.5 Å². The molecule has 0 radical (unpaired) electrons. The van der Waals surface area contributed by atoms with E-state index in [1.165, 1.54) is 0 Å². The molecule has 1 saturated carbocycles. The van der Waals surface area contributed by atoms with E-state index in [-0.39, 0.29) is 0 Å². The Morgan fingerprint density at radius 2 is 2.14 bits per heavy atom. The molecular weight excluding hydrogens is 264 g/mol. The second kappa shape index (κ2) is 6.00. The minimum absolute atomic E-state index is 0.302. The highest BCUT2D eigenvalue weighted by atomic mass is 16.2. The van der Waals surface area contributed by atoms with Gasteiger partial charge in [0.25, 0.3) is 0 Å². The Balaban J connectivity index is 1.61. The fourth-order valence-electron chi connectivity index (χ4n) is 2.86. The van der Waals surface area contributed by atoms with E-state index in [1.807, 2.05) is 11.0 Å². The van der Waals surface area contributed by atoms with Gasteiger partial charge in [-0.2, -0.15) is 0 Å². The van der Waals surface area contributed by atoms with Crippen molar-refractivity contribution in [1.82, 2.24) is 14.9 Å². The van der Waals surface area contributed by atoms with Crippen LogP contribution in [0.25, 0.3) is 0 Å². The molecule has 5 heteroatoms. The van der Waals surface area contributed by atoms with Gasteiger partial charge in [-0.05, 0) is 31.6 Å². The topological polar surface area (TPSA) is 58.1 Å². The summed E-state index contributed by atoms with van der Waals surface area (Å²) < 4.78 is 0. The second-order valence-electron chi connectivity index (χ2n) is 6.52. The predicted octanol–water partition coefficient (Wildman–Crippen LogP) is 2.41. The van der Waals surface area contributed by atoms with Gasteiger partial charge in [-0.3, -0.25) is 4.79 Å². The van der Waals surface area contributed by atoms with E-state index in [2.05, 4.69) is 29.1 Å². The number of likely N-dealkylation sites (tertiary alicyclic amines) is 1. The van der Waals surface area contributed by atoms with Crippen LogP contribution in [-0.4, -0.2) is 39.9 Å². The number of rotatable bonds is 4. The van der Waals surface area contributed by atoms with E-state index in [0.29, 0.717) is 23.8 Å². The summed E-state index contributed by atoms with van der Waals surface area (Å²) in [7, 11) is 0. The van der Waals surface area contributed by atoms with Gasteiger partial charge in [0.15, 0.2) is 0 Å². The third-order valence-corrected chi connectivity index (χ3v) is 4.29. The summed E-state index contributed by atoms with van der Waals surface area (Å²) >= 11 is 0. The zero-order valence-corrected chi connectivity index (χ0v) is 12.9. The van der Waals surface area contributed by atoms with Gasteiger partial charge in [0.05, 0.1) is 0 Å². The average Bonchev–Trinajstić information content (AvgIpc) is 3.32. The Bertz CT molecular complexity index is 513. The summed E-state index contributed by atoms with van der Waals surface area (Å²) in [5, 5.41) is 3.48. The van der Waals surface area contributed by atoms with E-state index in [1.54, 1.807) is 6.33 Å². The minimum Gasteiger partial charge on any atom is -0.365 e. The van der Waals surface area contributed by atoms with E-state index in [9.17, 15) is 4.79 Å². The lowest BCUT2D eigenvalue weighted by atomic mass is 10.0. The maximum absolute atomic E-state index is 12.2. The van der Waals surface area contributed by atoms with Crippen molar-refractivity contribution in [2.24, 2.45) is 5.92 Å². The quantitative estimate of drug-likeness (QED) is 0.924. The van der Waals surface area contributed by atoms with Crippen LogP contribution < -0.4 is 5.32 Å². The molecule has 1 saturated heterocycles. The summed E-state index contributed by atoms with van der Waals surface area (Å²) in [6.45, 7) is 5.97. The van der Waals surface area contributed by atoms with Crippen LogP contribution in [0.2, 0.25) is 0 Å². The number of carbonyl (C=O) groups is 1. The molecule has 2 aliphatic rings. The van der Waals surface area contributed by atoms with Crippen LogP contribution in [0.1, 0.15) is 51.1 Å². The molecule has 1 aliphatic heterocycles. The first-order chi connectivity index (χ1) is 10.1. The molecular formula is C16H24N4O. The molecule has 1 aromatic heterocycles. The normalized spacial score (nSPS) is 22.4. The summed E-state index contributed by atoms with van der Waals surface area (Å²) in [5.74, 6) is 1.94. The Kier molecular flexibility index (Phi) is 4.08. The third kappa shape index (κ3) is 3.52. The summed E-state index contributed by atoms with van der Waals surface area (Å²) in [6.07, 6.45) is 5.94. The SMILES string of the molecule is CC(C)c1cc(N[C@H]2CCCN(C(=O)C3CC3)C2)ncn1. The van der Waals surface area contributed by atoms with Crippen LogP contribution in [0.5, 0.6) is 0 Å². The van der Waals surface area contributed by atoms with E-state index in [4.69, 9.17) is 0 Å². The van der Waals surface area contributed by atoms with E-state index >= 15 is 0 Å². The van der Waals surface area contributed by atoms with Gasteiger partial charge < -0.3 is 10.2 Å². The van der Waals surface area contributed by atoms with Gasteiger partial charge in [0, 0.05) is 36.8 Å². The zero-order valence-electron chi connectivity index (χ0n) is 12.9. The van der Waals surface area contributed by atoms with Crippen molar-refractivity contribution in [1.29, 1.82) is 0 Å². The number of nitrogens with zero attached hydrogens (tertiary/aromatic N) is 3. The van der Waals surface area contributed by atoms with Crippen LogP contribution in [0.4, 0.5) is 5.82 Å². The molecule has 0 unspecified atom stereocenters. The Hall–Kier alpha value is -1.65. The number of anilines is 1. The molecule has 21 heavy (non-hydrogen) atoms. The smallest absolute Gasteiger partial charge is 0.225 e. The molecule has 1 N–H and O–H groups in total. The number of nitrogens with one attached hydrogen (secondary N) is 1. The Morgan fingerprint density at radius 3 is 2.86 bits per heavy atom. The fraction of sp³-hybridized carbons (Fsp3) is 0.688. The highest BCUT2D eigenvalue weighted by molar-refractivity contribution is 5.81. The Labute approximate surface area is 126 Å². The predicted molar refractivity (Wildman–Crippen MR) is 82.1 cm³/mol. The summed E-state index contributed by atoms with van der Waals surface area (Å²) in [4.78, 5) is 22.8. The first-order valence-electron chi connectivity index (χ1n) is 8.00. The monoisotopic (exact) mass is 288 g/mol. The van der Waals surface area contributed by atoms with Gasteiger partial charge in [-0.15, -0.1) is 0 Å². The molecule has 1 atom stereocenters. The molecule has 1 aromatic rings. The van der Waals surface area contributed by atoms with Crippen molar-refractivity contribution >= 4 is 11.7 Å². The maximum Gasteiger partial charge on any atom is 0.225 e. The van der Waals surface area contributed by atoms with E-state index in [0.717, 1.165) is 50.3 Å². The van der Waals surface area contributed by atoms with Crippen molar-refractivity contribution in [3.8, 4) is 0 Å². The van der Waals surface area contributed by atoms with Crippen LogP contribution in [0.3, 0.4) is 0 Å². The van der Waals surface area contributed by atoms with Crippen molar-refractivity contribution in [3.05, 3.63) is 18.1 Å². The zero-order chi connectivity index (χ0) is 14.8. The van der Waals surface area contributed by atoms with Gasteiger partial charge >= 0.3 is 0 Å². The number of carbonyl (C=O) groups excluding carboxylic acids is 1. The molecule has 114 valence electrons. The number of hydrogen-bond donors (Lipinski definition) is 1. The van der Waals surface area contributed by atoms with E-state index < -0.39 is 0 Å². The maximum atomic E-state index is 12.2. The first-order valence-corrected chi connectivity index (χ1v) is 8.00. The molecule has 1 aliphatic carbocycles. The molecule has 1 amide bonds. The summed E-state index contributed by atoms with van der Waals surface area (Å²) in [6, 6.07) is 2.32. The van der Waals surface area contributed by atoms with Gasteiger partial charge in [0.2, 0.25) is 5.91 Å². The number of piperidine rings is 1. The molecule has 2 heterocycles.